The first-order valence-corrected chi connectivity index (χ1v) is 9.46. The van der Waals surface area contributed by atoms with E-state index >= 15 is 0 Å². The summed E-state index contributed by atoms with van der Waals surface area (Å²) in [6.07, 6.45) is 5.99. The van der Waals surface area contributed by atoms with Crippen LogP contribution >= 0.6 is 0 Å². The lowest BCUT2D eigenvalue weighted by Gasteiger charge is -2.09. The summed E-state index contributed by atoms with van der Waals surface area (Å²) in [6, 6.07) is 22.7. The van der Waals surface area contributed by atoms with Gasteiger partial charge in [0.2, 0.25) is 11.8 Å². The van der Waals surface area contributed by atoms with Crippen molar-refractivity contribution in [1.82, 2.24) is 0 Å². The molecule has 3 rings (SSSR count). The number of aromatic carboxylic acids is 1. The Morgan fingerprint density at radius 3 is 1.45 bits per heavy atom. The van der Waals surface area contributed by atoms with Crippen LogP contribution in [0.4, 0.5) is 11.4 Å². The Morgan fingerprint density at radius 2 is 1.06 bits per heavy atom. The molecule has 0 saturated carbocycles. The normalized spacial score (nSPS) is 10.8. The highest BCUT2D eigenvalue weighted by Gasteiger charge is 2.10. The maximum atomic E-state index is 12.2. The van der Waals surface area contributed by atoms with Gasteiger partial charge in [0.15, 0.2) is 0 Å². The van der Waals surface area contributed by atoms with Crippen LogP contribution in [0, 0.1) is 0 Å². The van der Waals surface area contributed by atoms with E-state index in [-0.39, 0.29) is 16.9 Å². The summed E-state index contributed by atoms with van der Waals surface area (Å²) in [5.41, 5.74) is 2.16. The van der Waals surface area contributed by atoms with E-state index in [1.807, 2.05) is 60.7 Å². The number of rotatable bonds is 7. The largest absolute Gasteiger partial charge is 0.478 e. The number of carbonyl (C=O) groups is 3. The van der Waals surface area contributed by atoms with E-state index in [1.165, 1.54) is 30.4 Å². The maximum Gasteiger partial charge on any atom is 0.335 e. The van der Waals surface area contributed by atoms with Crippen molar-refractivity contribution in [2.45, 2.75) is 0 Å². The first-order valence-electron chi connectivity index (χ1n) is 9.46. The highest BCUT2D eigenvalue weighted by molar-refractivity contribution is 6.05. The maximum absolute atomic E-state index is 12.2. The monoisotopic (exact) mass is 412 g/mol. The molecule has 0 heterocycles. The smallest absolute Gasteiger partial charge is 0.335 e. The summed E-state index contributed by atoms with van der Waals surface area (Å²) in [5, 5.41) is 14.6. The third-order valence-electron chi connectivity index (χ3n) is 4.17. The van der Waals surface area contributed by atoms with Crippen LogP contribution in [0.5, 0.6) is 0 Å². The van der Waals surface area contributed by atoms with Gasteiger partial charge >= 0.3 is 5.97 Å². The summed E-state index contributed by atoms with van der Waals surface area (Å²) in [6.45, 7) is 0. The molecular weight excluding hydrogens is 392 g/mol. The molecule has 3 N–H and O–H groups in total. The molecule has 154 valence electrons. The van der Waals surface area contributed by atoms with E-state index in [1.54, 1.807) is 12.2 Å². The van der Waals surface area contributed by atoms with E-state index in [2.05, 4.69) is 10.6 Å². The Bertz CT molecular complexity index is 1050. The van der Waals surface area contributed by atoms with Gasteiger partial charge in [-0.3, -0.25) is 9.59 Å². The third-order valence-corrected chi connectivity index (χ3v) is 4.17. The Kier molecular flexibility index (Phi) is 7.11. The predicted octanol–water partition coefficient (Wildman–Crippen LogP) is 4.69. The van der Waals surface area contributed by atoms with Crippen molar-refractivity contribution in [3.8, 4) is 0 Å². The zero-order valence-electron chi connectivity index (χ0n) is 16.5. The van der Waals surface area contributed by atoms with Gasteiger partial charge in [-0.25, -0.2) is 4.79 Å². The van der Waals surface area contributed by atoms with Gasteiger partial charge in [0.25, 0.3) is 0 Å². The second-order valence-corrected chi connectivity index (χ2v) is 6.57. The molecule has 0 aliphatic heterocycles. The molecule has 0 aromatic heterocycles. The van der Waals surface area contributed by atoms with E-state index in [0.717, 1.165) is 11.1 Å². The topological polar surface area (TPSA) is 95.5 Å². The Morgan fingerprint density at radius 1 is 0.645 bits per heavy atom. The van der Waals surface area contributed by atoms with E-state index in [0.29, 0.717) is 0 Å². The van der Waals surface area contributed by atoms with Crippen molar-refractivity contribution < 1.29 is 19.5 Å². The predicted molar refractivity (Wildman–Crippen MR) is 122 cm³/mol. The second-order valence-electron chi connectivity index (χ2n) is 6.57. The molecule has 0 spiro atoms. The fraction of sp³-hybridized carbons (Fsp3) is 0. The minimum Gasteiger partial charge on any atom is -0.478 e. The SMILES string of the molecule is O=C(C=Cc1ccccc1)Nc1cc(NC(=O)C=Cc2ccccc2)cc(C(=O)O)c1. The summed E-state index contributed by atoms with van der Waals surface area (Å²) >= 11 is 0. The Hall–Kier alpha value is -4.45. The summed E-state index contributed by atoms with van der Waals surface area (Å²) < 4.78 is 0. The number of carbonyl (C=O) groups excluding carboxylic acids is 2. The molecule has 0 bridgehead atoms. The summed E-state index contributed by atoms with van der Waals surface area (Å²) in [7, 11) is 0. The highest BCUT2D eigenvalue weighted by atomic mass is 16.4. The van der Waals surface area contributed by atoms with Gasteiger partial charge in [-0.05, 0) is 41.5 Å². The number of nitrogens with one attached hydrogen (secondary N) is 2. The van der Waals surface area contributed by atoms with E-state index in [4.69, 9.17) is 0 Å². The minimum atomic E-state index is -1.17. The lowest BCUT2D eigenvalue weighted by Crippen LogP contribution is -2.12. The third kappa shape index (κ3) is 6.83. The van der Waals surface area contributed by atoms with Gasteiger partial charge in [0, 0.05) is 23.5 Å². The fourth-order valence-electron chi connectivity index (χ4n) is 2.74. The van der Waals surface area contributed by atoms with Crippen LogP contribution in [0.15, 0.2) is 91.0 Å². The van der Waals surface area contributed by atoms with Gasteiger partial charge in [-0.2, -0.15) is 0 Å². The van der Waals surface area contributed by atoms with Crippen molar-refractivity contribution >= 4 is 41.3 Å². The van der Waals surface area contributed by atoms with Crippen molar-refractivity contribution in [2.24, 2.45) is 0 Å². The molecule has 0 fully saturated rings. The van der Waals surface area contributed by atoms with E-state index in [9.17, 15) is 19.5 Å². The van der Waals surface area contributed by atoms with Crippen molar-refractivity contribution in [3.05, 3.63) is 108 Å². The first-order chi connectivity index (χ1) is 15.0. The fourth-order valence-corrected chi connectivity index (χ4v) is 2.74. The molecule has 0 saturated heterocycles. The van der Waals surface area contributed by atoms with Gasteiger partial charge in [0.1, 0.15) is 0 Å². The van der Waals surface area contributed by atoms with Crippen LogP contribution in [0.3, 0.4) is 0 Å². The number of carboxylic acid groups (broad SMARTS) is 1. The van der Waals surface area contributed by atoms with E-state index < -0.39 is 17.8 Å². The molecular formula is C25H20N2O4. The van der Waals surface area contributed by atoms with Crippen LogP contribution in [-0.4, -0.2) is 22.9 Å². The molecule has 6 heteroatoms. The molecule has 6 nitrogen and oxygen atoms in total. The average molecular weight is 412 g/mol. The van der Waals surface area contributed by atoms with Crippen LogP contribution < -0.4 is 10.6 Å². The molecule has 0 atom stereocenters. The van der Waals surface area contributed by atoms with Gasteiger partial charge < -0.3 is 15.7 Å². The lowest BCUT2D eigenvalue weighted by atomic mass is 10.1. The average Bonchev–Trinajstić information content (AvgIpc) is 2.77. The van der Waals surface area contributed by atoms with Crippen LogP contribution in [-0.2, 0) is 9.59 Å². The zero-order chi connectivity index (χ0) is 22.1. The number of benzene rings is 3. The molecule has 3 aromatic rings. The van der Waals surface area contributed by atoms with Gasteiger partial charge in [-0.15, -0.1) is 0 Å². The number of amides is 2. The molecule has 0 aliphatic carbocycles. The summed E-state index contributed by atoms with van der Waals surface area (Å²) in [5.74, 6) is -2.02. The molecule has 0 unspecified atom stereocenters. The molecule has 0 radical (unpaired) electrons. The van der Waals surface area contributed by atoms with Crippen LogP contribution in [0.25, 0.3) is 12.2 Å². The van der Waals surface area contributed by atoms with Crippen molar-refractivity contribution in [3.63, 3.8) is 0 Å². The van der Waals surface area contributed by atoms with Crippen LogP contribution in [0.1, 0.15) is 21.5 Å². The number of hydrogen-bond donors (Lipinski definition) is 3. The zero-order valence-corrected chi connectivity index (χ0v) is 16.5. The summed E-state index contributed by atoms with van der Waals surface area (Å²) in [4.78, 5) is 35.9. The Balaban J connectivity index is 1.72. The Labute approximate surface area is 179 Å². The van der Waals surface area contributed by atoms with Gasteiger partial charge in [-0.1, -0.05) is 60.7 Å². The lowest BCUT2D eigenvalue weighted by molar-refractivity contribution is -0.112. The molecule has 31 heavy (non-hydrogen) atoms. The number of carboxylic acids is 1. The highest BCUT2D eigenvalue weighted by Crippen LogP contribution is 2.20. The quantitative estimate of drug-likeness (QED) is 0.491. The van der Waals surface area contributed by atoms with Crippen molar-refractivity contribution in [2.75, 3.05) is 10.6 Å². The minimum absolute atomic E-state index is 0.0628. The standard InChI is InChI=1S/C25H20N2O4/c28-23(13-11-18-7-3-1-4-8-18)26-21-15-20(25(30)31)16-22(17-21)27-24(29)14-12-19-9-5-2-6-10-19/h1-17H,(H,26,28)(H,27,29)(H,30,31). The number of hydrogen-bond acceptors (Lipinski definition) is 3. The van der Waals surface area contributed by atoms with Crippen molar-refractivity contribution in [1.29, 1.82) is 0 Å². The molecule has 0 aliphatic rings. The molecule has 3 aromatic carbocycles. The molecule has 2 amide bonds. The van der Waals surface area contributed by atoms with Gasteiger partial charge in [0.05, 0.1) is 5.56 Å². The number of anilines is 2. The van der Waals surface area contributed by atoms with Crippen LogP contribution in [0.2, 0.25) is 0 Å². The second kappa shape index (κ2) is 10.4. The first kappa shape index (κ1) is 21.3.